The van der Waals surface area contributed by atoms with E-state index in [0.717, 1.165) is 41.7 Å². The molecule has 0 unspecified atom stereocenters. The first kappa shape index (κ1) is 18.1. The standard InChI is InChI=1S/C20H25NO3/c1-3-4-5-6-7-8-19(23)21-14-17(18(22)13-20(21)24)16-11-9-15(2)10-12-16/h9-12,14H,3-8,13H2,1-2H3. The number of nitrogens with zero attached hydrogens (tertiary/aromatic N) is 1. The SMILES string of the molecule is CCCCCCCC(=O)N1C=C(c2ccc(C)cc2)C(=O)CC1=O. The van der Waals surface area contributed by atoms with Crippen LogP contribution in [0.15, 0.2) is 30.5 Å². The van der Waals surface area contributed by atoms with Crippen LogP contribution < -0.4 is 0 Å². The minimum atomic E-state index is -0.422. The van der Waals surface area contributed by atoms with Crippen LogP contribution in [0.1, 0.15) is 63.0 Å². The predicted molar refractivity (Wildman–Crippen MR) is 94.0 cm³/mol. The summed E-state index contributed by atoms with van der Waals surface area (Å²) in [5.41, 5.74) is 2.28. The molecular formula is C20H25NO3. The van der Waals surface area contributed by atoms with E-state index in [1.54, 1.807) is 0 Å². The van der Waals surface area contributed by atoms with Gasteiger partial charge in [-0.1, -0.05) is 62.4 Å². The third-order valence-corrected chi connectivity index (χ3v) is 4.26. The number of benzene rings is 1. The van der Waals surface area contributed by atoms with Crippen LogP contribution in [0.3, 0.4) is 0 Å². The molecule has 0 aliphatic carbocycles. The lowest BCUT2D eigenvalue weighted by molar-refractivity contribution is -0.142. The lowest BCUT2D eigenvalue weighted by atomic mass is 9.96. The largest absolute Gasteiger partial charge is 0.294 e. The number of hydrogen-bond acceptors (Lipinski definition) is 3. The molecule has 0 N–H and O–H groups in total. The summed E-state index contributed by atoms with van der Waals surface area (Å²) in [7, 11) is 0. The predicted octanol–water partition coefficient (Wildman–Crippen LogP) is 4.02. The molecule has 128 valence electrons. The van der Waals surface area contributed by atoms with E-state index in [0.29, 0.717) is 12.0 Å². The van der Waals surface area contributed by atoms with Crippen LogP contribution in [-0.2, 0) is 14.4 Å². The van der Waals surface area contributed by atoms with Gasteiger partial charge in [0.2, 0.25) is 11.8 Å². The van der Waals surface area contributed by atoms with Crippen molar-refractivity contribution >= 4 is 23.2 Å². The Kier molecular flexibility index (Phi) is 6.47. The van der Waals surface area contributed by atoms with Gasteiger partial charge in [0.25, 0.3) is 0 Å². The van der Waals surface area contributed by atoms with Crippen molar-refractivity contribution in [2.75, 3.05) is 0 Å². The van der Waals surface area contributed by atoms with E-state index >= 15 is 0 Å². The minimum Gasteiger partial charge on any atom is -0.294 e. The Morgan fingerprint density at radius 1 is 1.04 bits per heavy atom. The van der Waals surface area contributed by atoms with E-state index in [-0.39, 0.29) is 18.1 Å². The first-order valence-corrected chi connectivity index (χ1v) is 8.70. The number of carbonyl (C=O) groups is 3. The molecule has 2 amide bonds. The number of hydrogen-bond donors (Lipinski definition) is 0. The van der Waals surface area contributed by atoms with Crippen LogP contribution in [0.5, 0.6) is 0 Å². The van der Waals surface area contributed by atoms with Gasteiger partial charge in [0.05, 0.1) is 6.42 Å². The summed E-state index contributed by atoms with van der Waals surface area (Å²) >= 11 is 0. The topological polar surface area (TPSA) is 54.5 Å². The fraction of sp³-hybridized carbons (Fsp3) is 0.450. The van der Waals surface area contributed by atoms with Crippen molar-refractivity contribution in [3.8, 4) is 0 Å². The van der Waals surface area contributed by atoms with Crippen LogP contribution in [0.2, 0.25) is 0 Å². The third-order valence-electron chi connectivity index (χ3n) is 4.26. The average Bonchev–Trinajstić information content (AvgIpc) is 2.55. The zero-order valence-electron chi connectivity index (χ0n) is 14.5. The molecule has 0 spiro atoms. The minimum absolute atomic E-state index is 0.214. The van der Waals surface area contributed by atoms with Crippen LogP contribution in [0.25, 0.3) is 5.57 Å². The van der Waals surface area contributed by atoms with Crippen molar-refractivity contribution in [3.05, 3.63) is 41.6 Å². The monoisotopic (exact) mass is 327 g/mol. The van der Waals surface area contributed by atoms with Crippen LogP contribution >= 0.6 is 0 Å². The number of carbonyl (C=O) groups excluding carboxylic acids is 3. The van der Waals surface area contributed by atoms with Gasteiger partial charge in [0.15, 0.2) is 5.78 Å². The van der Waals surface area contributed by atoms with Crippen molar-refractivity contribution in [1.82, 2.24) is 4.90 Å². The zero-order chi connectivity index (χ0) is 17.5. The molecule has 0 radical (unpaired) electrons. The van der Waals surface area contributed by atoms with Crippen molar-refractivity contribution in [1.29, 1.82) is 0 Å². The first-order valence-electron chi connectivity index (χ1n) is 8.70. The zero-order valence-corrected chi connectivity index (χ0v) is 14.5. The summed E-state index contributed by atoms with van der Waals surface area (Å²) in [5.74, 6) is -0.862. The lowest BCUT2D eigenvalue weighted by Crippen LogP contribution is -2.37. The number of rotatable bonds is 7. The van der Waals surface area contributed by atoms with Gasteiger partial charge >= 0.3 is 0 Å². The maximum atomic E-state index is 12.3. The number of Topliss-reactive ketones (excluding diaryl/α,β-unsaturated/α-hetero) is 1. The molecule has 1 aromatic rings. The maximum Gasteiger partial charge on any atom is 0.241 e. The normalized spacial score (nSPS) is 14.8. The maximum absolute atomic E-state index is 12.3. The highest BCUT2D eigenvalue weighted by molar-refractivity contribution is 6.29. The number of ketones is 1. The van der Waals surface area contributed by atoms with E-state index in [4.69, 9.17) is 0 Å². The molecule has 0 fully saturated rings. The van der Waals surface area contributed by atoms with Gasteiger partial charge in [-0.2, -0.15) is 0 Å². The highest BCUT2D eigenvalue weighted by Crippen LogP contribution is 2.24. The molecule has 0 aromatic heterocycles. The Hall–Kier alpha value is -2.23. The molecule has 1 heterocycles. The van der Waals surface area contributed by atoms with Crippen LogP contribution in [-0.4, -0.2) is 22.5 Å². The van der Waals surface area contributed by atoms with Gasteiger partial charge in [0.1, 0.15) is 0 Å². The van der Waals surface area contributed by atoms with Gasteiger partial charge in [0, 0.05) is 18.2 Å². The molecule has 1 aromatic carbocycles. The second-order valence-electron chi connectivity index (χ2n) is 6.33. The summed E-state index contributed by atoms with van der Waals surface area (Å²) in [6.07, 6.45) is 6.75. The van der Waals surface area contributed by atoms with Crippen molar-refractivity contribution < 1.29 is 14.4 Å². The molecule has 0 bridgehead atoms. The molecule has 4 nitrogen and oxygen atoms in total. The first-order chi connectivity index (χ1) is 11.5. The van der Waals surface area contributed by atoms with Gasteiger partial charge < -0.3 is 0 Å². The number of unbranched alkanes of at least 4 members (excludes halogenated alkanes) is 4. The summed E-state index contributed by atoms with van der Waals surface area (Å²) in [5, 5.41) is 0. The average molecular weight is 327 g/mol. The Morgan fingerprint density at radius 2 is 1.71 bits per heavy atom. The van der Waals surface area contributed by atoms with Gasteiger partial charge in [-0.15, -0.1) is 0 Å². The quantitative estimate of drug-likeness (QED) is 0.561. The Labute approximate surface area is 143 Å². The highest BCUT2D eigenvalue weighted by atomic mass is 16.2. The lowest BCUT2D eigenvalue weighted by Gasteiger charge is -2.23. The summed E-state index contributed by atoms with van der Waals surface area (Å²) < 4.78 is 0. The summed E-state index contributed by atoms with van der Waals surface area (Å²) in [4.78, 5) is 37.7. The molecule has 0 saturated heterocycles. The number of aryl methyl sites for hydroxylation is 1. The van der Waals surface area contributed by atoms with E-state index in [9.17, 15) is 14.4 Å². The fourth-order valence-corrected chi connectivity index (χ4v) is 2.77. The molecule has 2 rings (SSSR count). The smallest absolute Gasteiger partial charge is 0.241 e. The third kappa shape index (κ3) is 4.63. The Bertz CT molecular complexity index is 643. The van der Waals surface area contributed by atoms with E-state index < -0.39 is 5.91 Å². The molecule has 0 atom stereocenters. The number of imide groups is 1. The van der Waals surface area contributed by atoms with Crippen molar-refractivity contribution in [3.63, 3.8) is 0 Å². The van der Waals surface area contributed by atoms with E-state index in [2.05, 4.69) is 6.92 Å². The molecular weight excluding hydrogens is 302 g/mol. The van der Waals surface area contributed by atoms with Crippen LogP contribution in [0.4, 0.5) is 0 Å². The fourth-order valence-electron chi connectivity index (χ4n) is 2.77. The van der Waals surface area contributed by atoms with Gasteiger partial charge in [-0.25, -0.2) is 0 Å². The highest BCUT2D eigenvalue weighted by Gasteiger charge is 2.29. The number of allylic oxidation sites excluding steroid dienone is 1. The summed E-state index contributed by atoms with van der Waals surface area (Å²) in [6, 6.07) is 7.53. The number of amides is 2. The second kappa shape index (κ2) is 8.57. The Balaban J connectivity index is 2.07. The van der Waals surface area contributed by atoms with Crippen molar-refractivity contribution in [2.45, 2.75) is 58.8 Å². The van der Waals surface area contributed by atoms with E-state index in [1.807, 2.05) is 31.2 Å². The van der Waals surface area contributed by atoms with Crippen LogP contribution in [0, 0.1) is 6.92 Å². The van der Waals surface area contributed by atoms with Gasteiger partial charge in [-0.05, 0) is 18.9 Å². The summed E-state index contributed by atoms with van der Waals surface area (Å²) in [6.45, 7) is 4.12. The molecule has 1 aliphatic rings. The molecule has 24 heavy (non-hydrogen) atoms. The Morgan fingerprint density at radius 3 is 2.38 bits per heavy atom. The molecule has 0 saturated carbocycles. The van der Waals surface area contributed by atoms with Crippen molar-refractivity contribution in [2.24, 2.45) is 0 Å². The molecule has 4 heteroatoms. The molecule has 1 aliphatic heterocycles. The second-order valence-corrected chi connectivity index (χ2v) is 6.33. The van der Waals surface area contributed by atoms with E-state index in [1.165, 1.54) is 12.6 Å². The van der Waals surface area contributed by atoms with Gasteiger partial charge in [-0.3, -0.25) is 19.3 Å².